The standard InChI is InChI=1S/C18H29FN2/c1-4-9-18(3,13-20-10-5-2)14-21-11-8-15-6-7-16(19)12-17(15)21/h6-7,12,20H,4-5,8-11,13-14H2,1-3H3. The van der Waals surface area contributed by atoms with Crippen molar-refractivity contribution in [1.82, 2.24) is 5.32 Å². The van der Waals surface area contributed by atoms with Crippen molar-refractivity contribution < 1.29 is 4.39 Å². The summed E-state index contributed by atoms with van der Waals surface area (Å²) in [6.07, 6.45) is 4.60. The molecular formula is C18H29FN2. The third kappa shape index (κ3) is 4.19. The fraction of sp³-hybridized carbons (Fsp3) is 0.667. The molecule has 0 aliphatic carbocycles. The first-order valence-corrected chi connectivity index (χ1v) is 8.32. The molecule has 1 aromatic carbocycles. The average molecular weight is 292 g/mol. The highest BCUT2D eigenvalue weighted by Crippen LogP contribution is 2.33. The largest absolute Gasteiger partial charge is 0.370 e. The van der Waals surface area contributed by atoms with Gasteiger partial charge in [0.2, 0.25) is 0 Å². The fourth-order valence-corrected chi connectivity index (χ4v) is 3.44. The van der Waals surface area contributed by atoms with Crippen molar-refractivity contribution in [3.8, 4) is 0 Å². The number of benzene rings is 1. The lowest BCUT2D eigenvalue weighted by Gasteiger charge is -2.35. The maximum Gasteiger partial charge on any atom is 0.125 e. The monoisotopic (exact) mass is 292 g/mol. The van der Waals surface area contributed by atoms with Gasteiger partial charge in [0, 0.05) is 25.3 Å². The zero-order valence-electron chi connectivity index (χ0n) is 13.7. The lowest BCUT2D eigenvalue weighted by Crippen LogP contribution is -2.42. The summed E-state index contributed by atoms with van der Waals surface area (Å²) in [6.45, 7) is 10.9. The summed E-state index contributed by atoms with van der Waals surface area (Å²) in [5, 5.41) is 3.57. The topological polar surface area (TPSA) is 15.3 Å². The molecule has 0 amide bonds. The number of anilines is 1. The van der Waals surface area contributed by atoms with Crippen LogP contribution < -0.4 is 10.2 Å². The van der Waals surface area contributed by atoms with Crippen LogP contribution in [0.3, 0.4) is 0 Å². The number of rotatable bonds is 8. The molecular weight excluding hydrogens is 263 g/mol. The van der Waals surface area contributed by atoms with Crippen molar-refractivity contribution in [1.29, 1.82) is 0 Å². The Bertz CT molecular complexity index is 461. The molecule has 2 nitrogen and oxygen atoms in total. The SMILES string of the molecule is CCCNCC(C)(CCC)CN1CCc2ccc(F)cc21. The van der Waals surface area contributed by atoms with E-state index in [-0.39, 0.29) is 11.2 Å². The molecule has 1 aliphatic heterocycles. The molecule has 1 atom stereocenters. The Hall–Kier alpha value is -1.09. The van der Waals surface area contributed by atoms with Gasteiger partial charge in [-0.15, -0.1) is 0 Å². The van der Waals surface area contributed by atoms with Crippen LogP contribution in [0.2, 0.25) is 0 Å². The van der Waals surface area contributed by atoms with Gasteiger partial charge in [-0.25, -0.2) is 4.39 Å². The molecule has 3 heteroatoms. The van der Waals surface area contributed by atoms with Crippen LogP contribution in [0.5, 0.6) is 0 Å². The smallest absolute Gasteiger partial charge is 0.125 e. The second kappa shape index (κ2) is 7.26. The van der Waals surface area contributed by atoms with E-state index in [1.165, 1.54) is 24.8 Å². The van der Waals surface area contributed by atoms with Gasteiger partial charge < -0.3 is 10.2 Å². The van der Waals surface area contributed by atoms with E-state index in [2.05, 4.69) is 31.0 Å². The van der Waals surface area contributed by atoms with E-state index in [1.807, 2.05) is 6.07 Å². The summed E-state index contributed by atoms with van der Waals surface area (Å²) >= 11 is 0. The summed E-state index contributed by atoms with van der Waals surface area (Å²) in [6, 6.07) is 5.22. The second-order valence-corrected chi connectivity index (χ2v) is 6.68. The number of nitrogens with zero attached hydrogens (tertiary/aromatic N) is 1. The highest BCUT2D eigenvalue weighted by Gasteiger charge is 2.29. The van der Waals surface area contributed by atoms with E-state index in [0.717, 1.165) is 38.3 Å². The van der Waals surface area contributed by atoms with Crippen molar-refractivity contribution in [3.63, 3.8) is 0 Å². The summed E-state index contributed by atoms with van der Waals surface area (Å²) in [5.74, 6) is -0.123. The molecule has 0 fully saturated rings. The van der Waals surface area contributed by atoms with Crippen molar-refractivity contribution in [2.75, 3.05) is 31.1 Å². The molecule has 1 N–H and O–H groups in total. The highest BCUT2D eigenvalue weighted by molar-refractivity contribution is 5.58. The minimum absolute atomic E-state index is 0.123. The Morgan fingerprint density at radius 3 is 2.81 bits per heavy atom. The van der Waals surface area contributed by atoms with Crippen LogP contribution in [0.15, 0.2) is 18.2 Å². The van der Waals surface area contributed by atoms with Gasteiger partial charge in [-0.1, -0.05) is 33.3 Å². The molecule has 0 aromatic heterocycles. The van der Waals surface area contributed by atoms with Crippen LogP contribution in [-0.2, 0) is 6.42 Å². The van der Waals surface area contributed by atoms with Crippen LogP contribution in [0, 0.1) is 11.2 Å². The van der Waals surface area contributed by atoms with E-state index in [4.69, 9.17) is 0 Å². The Morgan fingerprint density at radius 2 is 2.10 bits per heavy atom. The molecule has 0 spiro atoms. The van der Waals surface area contributed by atoms with Crippen molar-refractivity contribution in [3.05, 3.63) is 29.6 Å². The molecule has 0 radical (unpaired) electrons. The average Bonchev–Trinajstić information content (AvgIpc) is 2.82. The molecule has 1 aliphatic rings. The third-order valence-electron chi connectivity index (χ3n) is 4.44. The third-order valence-corrected chi connectivity index (χ3v) is 4.44. The van der Waals surface area contributed by atoms with Gasteiger partial charge in [-0.05, 0) is 48.9 Å². The Kier molecular flexibility index (Phi) is 5.63. The number of hydrogen-bond donors (Lipinski definition) is 1. The number of halogens is 1. The zero-order valence-corrected chi connectivity index (χ0v) is 13.7. The van der Waals surface area contributed by atoms with E-state index in [0.29, 0.717) is 0 Å². The molecule has 21 heavy (non-hydrogen) atoms. The predicted octanol–water partition coefficient (Wildman–Crippen LogP) is 3.99. The summed E-state index contributed by atoms with van der Waals surface area (Å²) in [5.41, 5.74) is 2.64. The normalized spacial score (nSPS) is 16.9. The van der Waals surface area contributed by atoms with Crippen LogP contribution in [0.1, 0.15) is 45.6 Å². The Balaban J connectivity index is 2.06. The van der Waals surface area contributed by atoms with Gasteiger partial charge in [-0.3, -0.25) is 0 Å². The first-order valence-electron chi connectivity index (χ1n) is 8.32. The summed E-state index contributed by atoms with van der Waals surface area (Å²) in [7, 11) is 0. The lowest BCUT2D eigenvalue weighted by molar-refractivity contribution is 0.282. The minimum atomic E-state index is -0.123. The second-order valence-electron chi connectivity index (χ2n) is 6.68. The van der Waals surface area contributed by atoms with Gasteiger partial charge in [0.1, 0.15) is 5.82 Å². The van der Waals surface area contributed by atoms with E-state index in [9.17, 15) is 4.39 Å². The molecule has 1 heterocycles. The van der Waals surface area contributed by atoms with Crippen molar-refractivity contribution in [2.45, 2.75) is 46.5 Å². The first-order chi connectivity index (χ1) is 10.1. The molecule has 0 bridgehead atoms. The molecule has 1 unspecified atom stereocenters. The van der Waals surface area contributed by atoms with Gasteiger partial charge in [0.05, 0.1) is 0 Å². The summed E-state index contributed by atoms with van der Waals surface area (Å²) < 4.78 is 13.5. The highest BCUT2D eigenvalue weighted by atomic mass is 19.1. The van der Waals surface area contributed by atoms with E-state index >= 15 is 0 Å². The van der Waals surface area contributed by atoms with Crippen LogP contribution in [0.25, 0.3) is 0 Å². The van der Waals surface area contributed by atoms with Crippen LogP contribution in [-0.4, -0.2) is 26.2 Å². The van der Waals surface area contributed by atoms with Gasteiger partial charge in [0.15, 0.2) is 0 Å². The van der Waals surface area contributed by atoms with Crippen LogP contribution in [0.4, 0.5) is 10.1 Å². The van der Waals surface area contributed by atoms with Gasteiger partial charge >= 0.3 is 0 Å². The summed E-state index contributed by atoms with van der Waals surface area (Å²) in [4.78, 5) is 2.38. The van der Waals surface area contributed by atoms with E-state index in [1.54, 1.807) is 12.1 Å². The fourth-order valence-electron chi connectivity index (χ4n) is 3.44. The maximum atomic E-state index is 13.5. The lowest BCUT2D eigenvalue weighted by atomic mass is 9.84. The van der Waals surface area contributed by atoms with Gasteiger partial charge in [-0.2, -0.15) is 0 Å². The molecule has 1 aromatic rings. The van der Waals surface area contributed by atoms with Crippen LogP contribution >= 0.6 is 0 Å². The maximum absolute atomic E-state index is 13.5. The number of fused-ring (bicyclic) bond motifs is 1. The first kappa shape index (κ1) is 16.3. The number of nitrogens with one attached hydrogen (secondary N) is 1. The Morgan fingerprint density at radius 1 is 1.29 bits per heavy atom. The molecule has 118 valence electrons. The Labute approximate surface area is 128 Å². The van der Waals surface area contributed by atoms with Gasteiger partial charge in [0.25, 0.3) is 0 Å². The predicted molar refractivity (Wildman–Crippen MR) is 88.5 cm³/mol. The molecule has 0 saturated heterocycles. The zero-order chi connectivity index (χ0) is 15.3. The molecule has 2 rings (SSSR count). The minimum Gasteiger partial charge on any atom is -0.370 e. The van der Waals surface area contributed by atoms with E-state index < -0.39 is 0 Å². The molecule has 0 saturated carbocycles. The van der Waals surface area contributed by atoms with Crippen molar-refractivity contribution >= 4 is 5.69 Å². The number of hydrogen-bond acceptors (Lipinski definition) is 2. The quantitative estimate of drug-likeness (QED) is 0.729. The van der Waals surface area contributed by atoms with Crippen molar-refractivity contribution in [2.24, 2.45) is 5.41 Å².